The second-order valence-corrected chi connectivity index (χ2v) is 13.9. The van der Waals surface area contributed by atoms with Crippen LogP contribution in [0.1, 0.15) is 188 Å². The number of nitrogens with zero attached hydrogens (tertiary/aromatic N) is 1. The van der Waals surface area contributed by atoms with Crippen molar-refractivity contribution in [2.75, 3.05) is 13.2 Å². The minimum absolute atomic E-state index is 0.0637. The topological polar surface area (TPSA) is 119 Å². The summed E-state index contributed by atoms with van der Waals surface area (Å²) in [5.41, 5.74) is 0. The van der Waals surface area contributed by atoms with Crippen LogP contribution in [0.2, 0.25) is 0 Å². The zero-order chi connectivity index (χ0) is 33.8. The minimum atomic E-state index is -1.36. The first-order valence-corrected chi connectivity index (χ1v) is 19.6. The van der Waals surface area contributed by atoms with Gasteiger partial charge in [0.25, 0.3) is 0 Å². The lowest BCUT2D eigenvalue weighted by molar-refractivity contribution is -0.231. The number of hydrogen-bond donors (Lipinski definition) is 4. The maximum atomic E-state index is 13.6. The van der Waals surface area contributed by atoms with Crippen LogP contribution in [0.25, 0.3) is 0 Å². The van der Waals surface area contributed by atoms with Crippen LogP contribution in [-0.4, -0.2) is 75.8 Å². The first-order chi connectivity index (χ1) is 22.4. The molecule has 8 heteroatoms. The van der Waals surface area contributed by atoms with Crippen LogP contribution in [0.4, 0.5) is 0 Å². The van der Waals surface area contributed by atoms with Gasteiger partial charge in [0.1, 0.15) is 24.4 Å². The zero-order valence-corrected chi connectivity index (χ0v) is 30.2. The molecule has 0 aromatic heterocycles. The summed E-state index contributed by atoms with van der Waals surface area (Å²) in [6.45, 7) is 5.81. The van der Waals surface area contributed by atoms with E-state index in [1.807, 2.05) is 0 Å². The van der Waals surface area contributed by atoms with Gasteiger partial charge in [-0.1, -0.05) is 162 Å². The molecule has 0 aromatic rings. The molecule has 0 saturated carbocycles. The molecule has 1 aliphatic heterocycles. The molecule has 4 N–H and O–H groups in total. The van der Waals surface area contributed by atoms with Gasteiger partial charge in [0.05, 0.1) is 6.61 Å². The summed E-state index contributed by atoms with van der Waals surface area (Å²) in [5, 5.41) is 33.9. The number of rotatable bonds is 30. The summed E-state index contributed by atoms with van der Waals surface area (Å²) in [4.78, 5) is 27.3. The molecular formula is C38H74N2O6. The number of hydrogen-bond acceptors (Lipinski definition) is 6. The zero-order valence-electron chi connectivity index (χ0n) is 30.2. The summed E-state index contributed by atoms with van der Waals surface area (Å²) in [6.07, 6.45) is 26.4. The monoisotopic (exact) mass is 655 g/mol. The normalized spacial score (nSPS) is 21.4. The lowest BCUT2D eigenvalue weighted by Crippen LogP contribution is -2.68. The number of unbranched alkanes of at least 4 members (excludes halogenated alkanes) is 23. The third kappa shape index (κ3) is 19.6. The second-order valence-electron chi connectivity index (χ2n) is 13.9. The van der Waals surface area contributed by atoms with Crippen molar-refractivity contribution in [3.63, 3.8) is 0 Å². The molecule has 0 bridgehead atoms. The van der Waals surface area contributed by atoms with E-state index in [0.717, 1.165) is 38.5 Å². The van der Waals surface area contributed by atoms with Crippen LogP contribution >= 0.6 is 0 Å². The Morgan fingerprint density at radius 2 is 1.00 bits per heavy atom. The van der Waals surface area contributed by atoms with Crippen LogP contribution < -0.4 is 5.32 Å². The van der Waals surface area contributed by atoms with Gasteiger partial charge >= 0.3 is 0 Å². The smallest absolute Gasteiger partial charge is 0.224 e. The number of carbonyl (C=O) groups excluding carboxylic acids is 2. The van der Waals surface area contributed by atoms with Crippen molar-refractivity contribution in [2.45, 2.75) is 218 Å². The Labute approximate surface area is 282 Å². The SMILES string of the molecule is CCCCCCCCCCCCCCCCCC(=O)N(CCCCCCCCCCCC)[C@@H]1O[C@H](CO)[C@@H](O)[C@H](O)[C@@H]1NC(C)=O. The van der Waals surface area contributed by atoms with Crippen molar-refractivity contribution in [3.8, 4) is 0 Å². The van der Waals surface area contributed by atoms with Crippen molar-refractivity contribution in [1.82, 2.24) is 10.2 Å². The van der Waals surface area contributed by atoms with E-state index in [1.165, 1.54) is 129 Å². The maximum Gasteiger partial charge on any atom is 0.224 e. The van der Waals surface area contributed by atoms with Gasteiger partial charge in [-0.25, -0.2) is 0 Å². The van der Waals surface area contributed by atoms with Crippen LogP contribution in [0.15, 0.2) is 0 Å². The highest BCUT2D eigenvalue weighted by Crippen LogP contribution is 2.26. The Bertz CT molecular complexity index is 738. The summed E-state index contributed by atoms with van der Waals surface area (Å²) in [6, 6.07) is -0.969. The molecule has 46 heavy (non-hydrogen) atoms. The molecule has 272 valence electrons. The molecule has 0 radical (unpaired) electrons. The average molecular weight is 655 g/mol. The van der Waals surface area contributed by atoms with Crippen molar-refractivity contribution >= 4 is 11.8 Å². The van der Waals surface area contributed by atoms with Crippen molar-refractivity contribution in [1.29, 1.82) is 0 Å². The number of ether oxygens (including phenoxy) is 1. The first-order valence-electron chi connectivity index (χ1n) is 19.6. The fourth-order valence-electron chi connectivity index (χ4n) is 6.71. The molecule has 0 aliphatic carbocycles. The number of aliphatic hydroxyl groups is 3. The van der Waals surface area contributed by atoms with Gasteiger partial charge in [-0.05, 0) is 12.8 Å². The number of amides is 2. The Hall–Kier alpha value is -1.22. The van der Waals surface area contributed by atoms with E-state index < -0.39 is 37.2 Å². The highest BCUT2D eigenvalue weighted by Gasteiger charge is 2.47. The molecule has 1 saturated heterocycles. The van der Waals surface area contributed by atoms with Gasteiger partial charge in [-0.15, -0.1) is 0 Å². The number of carbonyl (C=O) groups is 2. The molecule has 1 heterocycles. The Kier molecular flexibility index (Phi) is 26.8. The van der Waals surface area contributed by atoms with E-state index in [2.05, 4.69) is 19.2 Å². The van der Waals surface area contributed by atoms with Gasteiger partial charge in [0.15, 0.2) is 6.23 Å². The molecule has 8 nitrogen and oxygen atoms in total. The molecule has 1 fully saturated rings. The van der Waals surface area contributed by atoms with E-state index in [1.54, 1.807) is 4.90 Å². The standard InChI is InChI=1S/C38H74N2O6/c1-4-6-8-10-12-14-16-17-18-19-20-21-23-25-27-29-34(43)40(30-28-26-24-22-15-13-11-9-7-5-2)38-35(39-32(3)42)37(45)36(44)33(31-41)46-38/h33,35-38,41,44-45H,4-31H2,1-3H3,(H,39,42)/t33-,35+,36-,37-,38-/m1/s1. The molecule has 5 atom stereocenters. The van der Waals surface area contributed by atoms with Crippen molar-refractivity contribution < 1.29 is 29.6 Å². The molecule has 0 spiro atoms. The summed E-state index contributed by atoms with van der Waals surface area (Å²) >= 11 is 0. The third-order valence-electron chi connectivity index (χ3n) is 9.64. The van der Waals surface area contributed by atoms with Gasteiger partial charge in [0.2, 0.25) is 11.8 Å². The average Bonchev–Trinajstić information content (AvgIpc) is 3.04. The van der Waals surface area contributed by atoms with E-state index in [4.69, 9.17) is 4.74 Å². The molecular weight excluding hydrogens is 580 g/mol. The lowest BCUT2D eigenvalue weighted by Gasteiger charge is -2.46. The molecule has 0 unspecified atom stereocenters. The second kappa shape index (κ2) is 28.8. The van der Waals surface area contributed by atoms with E-state index in [0.29, 0.717) is 13.0 Å². The fraction of sp³-hybridized carbons (Fsp3) is 0.947. The number of nitrogens with one attached hydrogen (secondary N) is 1. The van der Waals surface area contributed by atoms with Crippen molar-refractivity contribution in [2.24, 2.45) is 0 Å². The van der Waals surface area contributed by atoms with Crippen LogP contribution in [0.3, 0.4) is 0 Å². The minimum Gasteiger partial charge on any atom is -0.394 e. The van der Waals surface area contributed by atoms with Gasteiger partial charge in [0, 0.05) is 19.9 Å². The highest BCUT2D eigenvalue weighted by molar-refractivity contribution is 5.77. The Morgan fingerprint density at radius 1 is 0.609 bits per heavy atom. The van der Waals surface area contributed by atoms with Gasteiger partial charge < -0.3 is 30.3 Å². The van der Waals surface area contributed by atoms with Crippen molar-refractivity contribution in [3.05, 3.63) is 0 Å². The van der Waals surface area contributed by atoms with Crippen LogP contribution in [0.5, 0.6) is 0 Å². The summed E-state index contributed by atoms with van der Waals surface area (Å²) in [5.74, 6) is -0.438. The summed E-state index contributed by atoms with van der Waals surface area (Å²) < 4.78 is 6.02. The number of aliphatic hydroxyl groups excluding tert-OH is 3. The van der Waals surface area contributed by atoms with Crippen LogP contribution in [0, 0.1) is 0 Å². The Balaban J connectivity index is 2.51. The largest absolute Gasteiger partial charge is 0.394 e. The lowest BCUT2D eigenvalue weighted by atomic mass is 9.94. The fourth-order valence-corrected chi connectivity index (χ4v) is 6.71. The van der Waals surface area contributed by atoms with E-state index >= 15 is 0 Å². The predicted molar refractivity (Wildman–Crippen MR) is 188 cm³/mol. The quantitative estimate of drug-likeness (QED) is 0.0584. The van der Waals surface area contributed by atoms with Crippen LogP contribution in [-0.2, 0) is 14.3 Å². The first kappa shape index (κ1) is 42.8. The highest BCUT2D eigenvalue weighted by atomic mass is 16.5. The molecule has 2 amide bonds. The third-order valence-corrected chi connectivity index (χ3v) is 9.64. The Morgan fingerprint density at radius 3 is 1.39 bits per heavy atom. The summed E-state index contributed by atoms with van der Waals surface area (Å²) in [7, 11) is 0. The van der Waals surface area contributed by atoms with Gasteiger partial charge in [-0.2, -0.15) is 0 Å². The predicted octanol–water partition coefficient (Wildman–Crippen LogP) is 7.94. The molecule has 0 aromatic carbocycles. The van der Waals surface area contributed by atoms with E-state index in [9.17, 15) is 24.9 Å². The van der Waals surface area contributed by atoms with Gasteiger partial charge in [-0.3, -0.25) is 9.59 Å². The molecule has 1 aliphatic rings. The van der Waals surface area contributed by atoms with E-state index in [-0.39, 0.29) is 11.8 Å². The molecule has 1 rings (SSSR count). The maximum absolute atomic E-state index is 13.6.